The van der Waals surface area contributed by atoms with Crippen molar-refractivity contribution in [1.82, 2.24) is 4.98 Å². The van der Waals surface area contributed by atoms with Crippen LogP contribution in [0.3, 0.4) is 0 Å². The van der Waals surface area contributed by atoms with Crippen molar-refractivity contribution in [1.29, 1.82) is 0 Å². The molecule has 0 amide bonds. The molecule has 0 fully saturated rings. The van der Waals surface area contributed by atoms with Crippen LogP contribution in [0.4, 0.5) is 5.69 Å². The van der Waals surface area contributed by atoms with Crippen LogP contribution in [-0.2, 0) is 6.42 Å². The summed E-state index contributed by atoms with van der Waals surface area (Å²) in [5.74, 6) is 0. The highest BCUT2D eigenvalue weighted by Gasteiger charge is 2.14. The van der Waals surface area contributed by atoms with Gasteiger partial charge in [-0.3, -0.25) is 4.98 Å². The molecule has 0 saturated heterocycles. The molecule has 0 unspecified atom stereocenters. The molecule has 0 bridgehead atoms. The maximum atomic E-state index is 4.15. The molecule has 1 rings (SSSR count). The Labute approximate surface area is 87.0 Å². The van der Waals surface area contributed by atoms with Crippen LogP contribution < -0.4 is 4.90 Å². The van der Waals surface area contributed by atoms with Gasteiger partial charge in [0.25, 0.3) is 0 Å². The smallest absolute Gasteiger partial charge is 0.0580 e. The Morgan fingerprint density at radius 2 is 1.93 bits per heavy atom. The van der Waals surface area contributed by atoms with Crippen molar-refractivity contribution in [2.45, 2.75) is 27.2 Å². The van der Waals surface area contributed by atoms with Crippen molar-refractivity contribution < 1.29 is 0 Å². The average Bonchev–Trinajstić information content (AvgIpc) is 2.01. The molecule has 0 radical (unpaired) electrons. The lowest BCUT2D eigenvalue weighted by molar-refractivity contribution is 0.411. The minimum absolute atomic E-state index is 0.326. The van der Waals surface area contributed by atoms with E-state index in [0.717, 1.165) is 6.42 Å². The fraction of sp³-hybridized carbons (Fsp3) is 0.583. The molecule has 78 valence electrons. The summed E-state index contributed by atoms with van der Waals surface area (Å²) in [6, 6.07) is 2.11. The van der Waals surface area contributed by atoms with Crippen molar-refractivity contribution in [2.24, 2.45) is 5.41 Å². The Bertz CT molecular complexity index is 297. The zero-order valence-electron chi connectivity index (χ0n) is 9.83. The maximum Gasteiger partial charge on any atom is 0.0580 e. The predicted molar refractivity (Wildman–Crippen MR) is 61.7 cm³/mol. The van der Waals surface area contributed by atoms with E-state index in [2.05, 4.69) is 50.8 Å². The van der Waals surface area contributed by atoms with Crippen molar-refractivity contribution >= 4 is 5.69 Å². The Hall–Kier alpha value is -1.05. The van der Waals surface area contributed by atoms with E-state index in [-0.39, 0.29) is 0 Å². The SMILES string of the molecule is CN(C)c1cnccc1CC(C)(C)C. The van der Waals surface area contributed by atoms with E-state index in [1.54, 1.807) is 0 Å². The number of rotatable bonds is 2. The van der Waals surface area contributed by atoms with E-state index in [4.69, 9.17) is 0 Å². The van der Waals surface area contributed by atoms with Gasteiger partial charge in [-0.25, -0.2) is 0 Å². The second kappa shape index (κ2) is 3.99. The lowest BCUT2D eigenvalue weighted by Crippen LogP contribution is -2.16. The van der Waals surface area contributed by atoms with Crippen LogP contribution in [0.15, 0.2) is 18.5 Å². The van der Waals surface area contributed by atoms with Crippen LogP contribution in [0, 0.1) is 5.41 Å². The Morgan fingerprint density at radius 1 is 1.29 bits per heavy atom. The first kappa shape index (κ1) is 11.0. The highest BCUT2D eigenvalue weighted by Crippen LogP contribution is 2.26. The van der Waals surface area contributed by atoms with Gasteiger partial charge < -0.3 is 4.90 Å². The highest BCUT2D eigenvalue weighted by atomic mass is 15.1. The summed E-state index contributed by atoms with van der Waals surface area (Å²) in [5.41, 5.74) is 2.92. The van der Waals surface area contributed by atoms with Crippen molar-refractivity contribution in [2.75, 3.05) is 19.0 Å². The number of aromatic nitrogens is 1. The molecule has 0 aliphatic heterocycles. The molecule has 1 aromatic rings. The van der Waals surface area contributed by atoms with E-state index in [0.29, 0.717) is 5.41 Å². The Balaban J connectivity index is 2.96. The average molecular weight is 192 g/mol. The summed E-state index contributed by atoms with van der Waals surface area (Å²) in [6.45, 7) is 6.77. The van der Waals surface area contributed by atoms with Gasteiger partial charge in [-0.1, -0.05) is 20.8 Å². The van der Waals surface area contributed by atoms with Gasteiger partial charge in [-0.15, -0.1) is 0 Å². The normalized spacial score (nSPS) is 11.5. The summed E-state index contributed by atoms with van der Waals surface area (Å²) < 4.78 is 0. The molecule has 0 N–H and O–H groups in total. The Morgan fingerprint density at radius 3 is 2.43 bits per heavy atom. The second-order valence-electron chi connectivity index (χ2n) is 5.14. The van der Waals surface area contributed by atoms with Crippen molar-refractivity contribution in [3.8, 4) is 0 Å². The predicted octanol–water partition coefficient (Wildman–Crippen LogP) is 2.74. The molecule has 14 heavy (non-hydrogen) atoms. The van der Waals surface area contributed by atoms with Gasteiger partial charge in [0.15, 0.2) is 0 Å². The fourth-order valence-electron chi connectivity index (χ4n) is 1.54. The van der Waals surface area contributed by atoms with Gasteiger partial charge in [0.2, 0.25) is 0 Å². The van der Waals surface area contributed by atoms with E-state index in [1.807, 2.05) is 12.4 Å². The van der Waals surface area contributed by atoms with Crippen molar-refractivity contribution in [3.05, 3.63) is 24.0 Å². The quantitative estimate of drug-likeness (QED) is 0.716. The molecule has 1 aromatic heterocycles. The molecular formula is C12H20N2. The molecule has 0 spiro atoms. The first-order valence-corrected chi connectivity index (χ1v) is 5.00. The first-order valence-electron chi connectivity index (χ1n) is 5.00. The fourth-order valence-corrected chi connectivity index (χ4v) is 1.54. The highest BCUT2D eigenvalue weighted by molar-refractivity contribution is 5.50. The zero-order valence-corrected chi connectivity index (χ0v) is 9.83. The van der Waals surface area contributed by atoms with Gasteiger partial charge in [0.1, 0.15) is 0 Å². The number of anilines is 1. The summed E-state index contributed by atoms with van der Waals surface area (Å²) in [6.07, 6.45) is 4.89. The minimum Gasteiger partial charge on any atom is -0.376 e. The van der Waals surface area contributed by atoms with Gasteiger partial charge in [-0.2, -0.15) is 0 Å². The molecule has 2 nitrogen and oxygen atoms in total. The molecule has 1 heterocycles. The monoisotopic (exact) mass is 192 g/mol. The topological polar surface area (TPSA) is 16.1 Å². The van der Waals surface area contributed by atoms with Gasteiger partial charge in [-0.05, 0) is 23.5 Å². The number of nitrogens with zero attached hydrogens (tertiary/aromatic N) is 2. The molecule has 2 heteroatoms. The lowest BCUT2D eigenvalue weighted by atomic mass is 9.88. The molecular weight excluding hydrogens is 172 g/mol. The third-order valence-electron chi connectivity index (χ3n) is 2.09. The number of pyridine rings is 1. The number of hydrogen-bond acceptors (Lipinski definition) is 2. The van der Waals surface area contributed by atoms with Crippen molar-refractivity contribution in [3.63, 3.8) is 0 Å². The zero-order chi connectivity index (χ0) is 10.8. The van der Waals surface area contributed by atoms with Crippen LogP contribution in [-0.4, -0.2) is 19.1 Å². The van der Waals surface area contributed by atoms with E-state index >= 15 is 0 Å². The van der Waals surface area contributed by atoms with Crippen LogP contribution >= 0.6 is 0 Å². The van der Waals surface area contributed by atoms with Gasteiger partial charge >= 0.3 is 0 Å². The minimum atomic E-state index is 0.326. The standard InChI is InChI=1S/C12H20N2/c1-12(2,3)8-10-6-7-13-9-11(10)14(4)5/h6-7,9H,8H2,1-5H3. The first-order chi connectivity index (χ1) is 6.40. The molecule has 0 saturated carbocycles. The second-order valence-corrected chi connectivity index (χ2v) is 5.14. The lowest BCUT2D eigenvalue weighted by Gasteiger charge is -2.23. The van der Waals surface area contributed by atoms with E-state index < -0.39 is 0 Å². The van der Waals surface area contributed by atoms with Crippen LogP contribution in [0.5, 0.6) is 0 Å². The van der Waals surface area contributed by atoms with Gasteiger partial charge in [0.05, 0.1) is 11.9 Å². The molecule has 0 atom stereocenters. The van der Waals surface area contributed by atoms with Crippen LogP contribution in [0.2, 0.25) is 0 Å². The molecule has 0 aromatic carbocycles. The van der Waals surface area contributed by atoms with Crippen LogP contribution in [0.25, 0.3) is 0 Å². The van der Waals surface area contributed by atoms with E-state index in [9.17, 15) is 0 Å². The third kappa shape index (κ3) is 3.02. The Kier molecular flexibility index (Phi) is 3.14. The summed E-state index contributed by atoms with van der Waals surface area (Å²) in [7, 11) is 4.12. The number of hydrogen-bond donors (Lipinski definition) is 0. The van der Waals surface area contributed by atoms with Gasteiger partial charge in [0, 0.05) is 20.3 Å². The molecule has 0 aliphatic rings. The maximum absolute atomic E-state index is 4.15. The largest absolute Gasteiger partial charge is 0.376 e. The summed E-state index contributed by atoms with van der Waals surface area (Å²) in [5, 5.41) is 0. The summed E-state index contributed by atoms with van der Waals surface area (Å²) in [4.78, 5) is 6.27. The van der Waals surface area contributed by atoms with Crippen LogP contribution in [0.1, 0.15) is 26.3 Å². The third-order valence-corrected chi connectivity index (χ3v) is 2.09. The summed E-state index contributed by atoms with van der Waals surface area (Å²) >= 11 is 0. The van der Waals surface area contributed by atoms with E-state index in [1.165, 1.54) is 11.3 Å². The molecule has 0 aliphatic carbocycles.